The molecule has 0 heterocycles. The number of halogens is 1. The topological polar surface area (TPSA) is 78.9 Å². The van der Waals surface area contributed by atoms with E-state index in [2.05, 4.69) is 13.2 Å². The lowest BCUT2D eigenvalue weighted by Crippen LogP contribution is -2.34. The Hall–Kier alpha value is -2.96. The summed E-state index contributed by atoms with van der Waals surface area (Å²) < 4.78 is 30.4. The van der Waals surface area contributed by atoms with Crippen molar-refractivity contribution in [3.63, 3.8) is 0 Å². The summed E-state index contributed by atoms with van der Waals surface area (Å²) >= 11 is 0. The van der Waals surface area contributed by atoms with Crippen molar-refractivity contribution in [3.8, 4) is 11.5 Å². The minimum Gasteiger partial charge on any atom is -0.456 e. The summed E-state index contributed by atoms with van der Waals surface area (Å²) in [6.07, 6.45) is -0.995. The summed E-state index contributed by atoms with van der Waals surface area (Å²) in [6, 6.07) is 4.70. The lowest BCUT2D eigenvalue weighted by Gasteiger charge is -2.32. The van der Waals surface area contributed by atoms with Crippen LogP contribution < -0.4 is 9.47 Å². The quantitative estimate of drug-likeness (QED) is 0.366. The van der Waals surface area contributed by atoms with Crippen molar-refractivity contribution in [1.29, 1.82) is 0 Å². The lowest BCUT2D eigenvalue weighted by molar-refractivity contribution is -0.149. The summed E-state index contributed by atoms with van der Waals surface area (Å²) in [5.74, 6) is -1.48. The van der Waals surface area contributed by atoms with E-state index in [9.17, 15) is 18.8 Å². The van der Waals surface area contributed by atoms with Crippen molar-refractivity contribution < 1.29 is 33.0 Å². The molecule has 1 aromatic rings. The van der Waals surface area contributed by atoms with Crippen LogP contribution in [-0.4, -0.2) is 30.2 Å². The second kappa shape index (κ2) is 10.2. The summed E-state index contributed by atoms with van der Waals surface area (Å²) in [7, 11) is 0. The van der Waals surface area contributed by atoms with E-state index in [0.29, 0.717) is 18.4 Å². The number of hydrogen-bond donors (Lipinski definition) is 0. The zero-order valence-corrected chi connectivity index (χ0v) is 17.5. The van der Waals surface area contributed by atoms with Crippen LogP contribution >= 0.6 is 0 Å². The van der Waals surface area contributed by atoms with Gasteiger partial charge in [0.15, 0.2) is 0 Å². The first-order chi connectivity index (χ1) is 14.1. The van der Waals surface area contributed by atoms with E-state index < -0.39 is 30.2 Å². The third-order valence-corrected chi connectivity index (χ3v) is 4.77. The molecule has 7 heteroatoms. The summed E-state index contributed by atoms with van der Waals surface area (Å²) in [5.41, 5.74) is 1.11. The van der Waals surface area contributed by atoms with Crippen LogP contribution in [0.4, 0.5) is 4.39 Å². The zero-order chi connectivity index (χ0) is 22.4. The van der Waals surface area contributed by atoms with Crippen molar-refractivity contribution in [3.05, 3.63) is 48.1 Å². The van der Waals surface area contributed by atoms with Crippen LogP contribution in [0, 0.1) is 0 Å². The summed E-state index contributed by atoms with van der Waals surface area (Å²) in [4.78, 5) is 35.3. The van der Waals surface area contributed by atoms with Gasteiger partial charge in [0.2, 0.25) is 0 Å². The van der Waals surface area contributed by atoms with Crippen LogP contribution in [0.15, 0.2) is 42.5 Å². The Labute approximate surface area is 175 Å². The van der Waals surface area contributed by atoms with Gasteiger partial charge in [0.05, 0.1) is 0 Å². The van der Waals surface area contributed by atoms with Crippen molar-refractivity contribution in [2.75, 3.05) is 0 Å². The first-order valence-corrected chi connectivity index (χ1v) is 9.84. The molecule has 30 heavy (non-hydrogen) atoms. The molecular formula is C23H27FO6. The average molecular weight is 418 g/mol. The van der Waals surface area contributed by atoms with E-state index in [1.807, 2.05) is 0 Å². The molecule has 0 amide bonds. The number of carbonyl (C=O) groups is 3. The van der Waals surface area contributed by atoms with Crippen molar-refractivity contribution in [2.24, 2.45) is 0 Å². The van der Waals surface area contributed by atoms with Gasteiger partial charge in [-0.25, -0.2) is 14.0 Å². The van der Waals surface area contributed by atoms with Gasteiger partial charge in [-0.3, -0.25) is 4.79 Å². The number of rotatable bonds is 7. The van der Waals surface area contributed by atoms with Crippen LogP contribution in [0.2, 0.25) is 0 Å². The first kappa shape index (κ1) is 23.3. The fourth-order valence-electron chi connectivity index (χ4n) is 3.11. The van der Waals surface area contributed by atoms with Gasteiger partial charge >= 0.3 is 17.9 Å². The molecule has 1 aliphatic rings. The molecule has 1 fully saturated rings. The molecule has 0 N–H and O–H groups in total. The number of esters is 3. The molecule has 0 saturated heterocycles. The molecule has 6 nitrogen and oxygen atoms in total. The van der Waals surface area contributed by atoms with E-state index in [1.54, 1.807) is 19.1 Å². The van der Waals surface area contributed by atoms with Crippen molar-refractivity contribution in [2.45, 2.75) is 64.6 Å². The molecule has 162 valence electrons. The largest absolute Gasteiger partial charge is 0.456 e. The summed E-state index contributed by atoms with van der Waals surface area (Å²) in [6.45, 7) is 11.7. The van der Waals surface area contributed by atoms with Gasteiger partial charge < -0.3 is 14.2 Å². The molecule has 1 aromatic carbocycles. The normalized spacial score (nSPS) is 20.7. The third-order valence-electron chi connectivity index (χ3n) is 4.77. The summed E-state index contributed by atoms with van der Waals surface area (Å²) in [5, 5.41) is 0. The van der Waals surface area contributed by atoms with Gasteiger partial charge in [-0.2, -0.15) is 0 Å². The van der Waals surface area contributed by atoms with Crippen molar-refractivity contribution in [1.82, 2.24) is 0 Å². The number of ether oxygens (including phenoxy) is 3. The molecule has 0 aromatic heterocycles. The zero-order valence-electron chi connectivity index (χ0n) is 17.5. The molecule has 0 aliphatic heterocycles. The Morgan fingerprint density at radius 2 is 1.60 bits per heavy atom. The Morgan fingerprint density at radius 3 is 2.13 bits per heavy atom. The van der Waals surface area contributed by atoms with Crippen molar-refractivity contribution >= 4 is 17.9 Å². The van der Waals surface area contributed by atoms with Gasteiger partial charge in [-0.05, 0) is 56.7 Å². The van der Waals surface area contributed by atoms with Crippen LogP contribution in [-0.2, 0) is 19.1 Å². The fraction of sp³-hybridized carbons (Fsp3) is 0.435. The molecule has 1 saturated carbocycles. The van der Waals surface area contributed by atoms with Gasteiger partial charge in [0.1, 0.15) is 23.8 Å². The predicted molar refractivity (Wildman–Crippen MR) is 109 cm³/mol. The molecule has 3 atom stereocenters. The fourth-order valence-corrected chi connectivity index (χ4v) is 3.11. The highest BCUT2D eigenvalue weighted by Gasteiger charge is 2.34. The Balaban J connectivity index is 2.22. The van der Waals surface area contributed by atoms with E-state index in [-0.39, 0.29) is 41.4 Å². The maximum Gasteiger partial charge on any atom is 0.338 e. The minimum atomic E-state index is -1.35. The second-order valence-corrected chi connectivity index (χ2v) is 7.49. The second-order valence-electron chi connectivity index (χ2n) is 7.49. The highest BCUT2D eigenvalue weighted by Crippen LogP contribution is 2.39. The monoisotopic (exact) mass is 418 g/mol. The van der Waals surface area contributed by atoms with Crippen LogP contribution in [0.5, 0.6) is 11.5 Å². The highest BCUT2D eigenvalue weighted by atomic mass is 19.1. The van der Waals surface area contributed by atoms with E-state index in [4.69, 9.17) is 14.2 Å². The van der Waals surface area contributed by atoms with Crippen LogP contribution in [0.25, 0.3) is 0 Å². The SMILES string of the molecule is C=C(C)C(=O)Oc1cc(OC(=O)CC)cc(C2CCC(OC(=O)C(=C)C)C(F)C2)c1. The van der Waals surface area contributed by atoms with Crippen LogP contribution in [0.3, 0.4) is 0 Å². The molecule has 0 bridgehead atoms. The Morgan fingerprint density at radius 1 is 1.00 bits per heavy atom. The maximum absolute atomic E-state index is 14.7. The first-order valence-electron chi connectivity index (χ1n) is 9.84. The lowest BCUT2D eigenvalue weighted by atomic mass is 9.81. The maximum atomic E-state index is 14.7. The van der Waals surface area contributed by atoms with Gasteiger partial charge in [0, 0.05) is 23.6 Å². The number of hydrogen-bond acceptors (Lipinski definition) is 6. The third kappa shape index (κ3) is 6.27. The number of carbonyl (C=O) groups excluding carboxylic acids is 3. The Bertz CT molecular complexity index is 859. The average Bonchev–Trinajstić information content (AvgIpc) is 2.68. The minimum absolute atomic E-state index is 0.118. The molecular weight excluding hydrogens is 391 g/mol. The smallest absolute Gasteiger partial charge is 0.338 e. The molecule has 2 rings (SSSR count). The molecule has 0 spiro atoms. The van der Waals surface area contributed by atoms with E-state index in [1.165, 1.54) is 19.9 Å². The number of benzene rings is 1. The van der Waals surface area contributed by atoms with E-state index in [0.717, 1.165) is 0 Å². The van der Waals surface area contributed by atoms with Gasteiger partial charge in [-0.1, -0.05) is 20.1 Å². The highest BCUT2D eigenvalue weighted by molar-refractivity contribution is 5.89. The molecule has 3 unspecified atom stereocenters. The van der Waals surface area contributed by atoms with Crippen LogP contribution in [0.1, 0.15) is 57.9 Å². The van der Waals surface area contributed by atoms with Gasteiger partial charge in [0.25, 0.3) is 0 Å². The Kier molecular flexibility index (Phi) is 7.92. The molecule has 0 radical (unpaired) electrons. The van der Waals surface area contributed by atoms with Gasteiger partial charge in [-0.15, -0.1) is 0 Å². The standard InChI is InChI=1S/C23H27FO6/c1-6-21(25)28-17-9-16(10-18(12-17)29-22(26)13(2)3)15-7-8-20(19(24)11-15)30-23(27)14(4)5/h9-10,12,15,19-20H,2,4,6-8,11H2,1,3,5H3. The molecule has 1 aliphatic carbocycles. The predicted octanol–water partition coefficient (Wildman–Crippen LogP) is 4.58. The van der Waals surface area contributed by atoms with E-state index >= 15 is 0 Å². The number of alkyl halides is 1.